The van der Waals surface area contributed by atoms with Crippen LogP contribution in [-0.4, -0.2) is 17.8 Å². The molecule has 0 aliphatic heterocycles. The molecule has 0 saturated carbocycles. The van der Waals surface area contributed by atoms with E-state index in [4.69, 9.17) is 0 Å². The highest BCUT2D eigenvalue weighted by atomic mass is 19.4. The number of para-hydroxylation sites is 1. The third kappa shape index (κ3) is 2.87. The van der Waals surface area contributed by atoms with Gasteiger partial charge in [0.15, 0.2) is 6.61 Å². The van der Waals surface area contributed by atoms with Gasteiger partial charge in [0, 0.05) is 11.5 Å². The molecule has 0 fully saturated rings. The van der Waals surface area contributed by atoms with Crippen molar-refractivity contribution in [2.75, 3.05) is 6.61 Å². The van der Waals surface area contributed by atoms with Crippen LogP contribution in [0.15, 0.2) is 30.3 Å². The van der Waals surface area contributed by atoms with Crippen molar-refractivity contribution in [1.82, 2.24) is 4.98 Å². The number of benzene rings is 1. The monoisotopic (exact) mass is 241 g/mol. The lowest BCUT2D eigenvalue weighted by Crippen LogP contribution is -2.19. The zero-order valence-corrected chi connectivity index (χ0v) is 9.08. The molecule has 0 bridgehead atoms. The van der Waals surface area contributed by atoms with Gasteiger partial charge in [-0.25, -0.2) is 4.98 Å². The molecule has 0 saturated heterocycles. The molecule has 90 valence electrons. The Morgan fingerprint density at radius 2 is 1.94 bits per heavy atom. The molecule has 5 heteroatoms. The summed E-state index contributed by atoms with van der Waals surface area (Å²) in [6.07, 6.45) is -4.34. The normalized spacial score (nSPS) is 11.8. The smallest absolute Gasteiger partial charge is 0.422 e. The third-order valence-electron chi connectivity index (χ3n) is 2.28. The van der Waals surface area contributed by atoms with Crippen molar-refractivity contribution in [2.24, 2.45) is 0 Å². The van der Waals surface area contributed by atoms with E-state index in [9.17, 15) is 13.2 Å². The number of rotatable bonds is 2. The van der Waals surface area contributed by atoms with Gasteiger partial charge in [0.2, 0.25) is 5.88 Å². The first-order valence-electron chi connectivity index (χ1n) is 5.02. The van der Waals surface area contributed by atoms with Crippen LogP contribution in [0.3, 0.4) is 0 Å². The number of nitrogens with zero attached hydrogens (tertiary/aromatic N) is 1. The molecule has 0 atom stereocenters. The van der Waals surface area contributed by atoms with Gasteiger partial charge in [0.1, 0.15) is 0 Å². The largest absolute Gasteiger partial charge is 0.468 e. The molecule has 0 spiro atoms. The Morgan fingerprint density at radius 1 is 1.18 bits per heavy atom. The first-order valence-corrected chi connectivity index (χ1v) is 5.02. The number of hydrogen-bond donors (Lipinski definition) is 0. The number of aryl methyl sites for hydroxylation is 1. The van der Waals surface area contributed by atoms with Crippen LogP contribution in [-0.2, 0) is 0 Å². The van der Waals surface area contributed by atoms with E-state index in [1.807, 2.05) is 25.1 Å². The highest BCUT2D eigenvalue weighted by Gasteiger charge is 2.28. The Labute approximate surface area is 96.0 Å². The average molecular weight is 241 g/mol. The van der Waals surface area contributed by atoms with E-state index in [0.717, 1.165) is 10.9 Å². The van der Waals surface area contributed by atoms with Gasteiger partial charge < -0.3 is 4.74 Å². The Morgan fingerprint density at radius 3 is 2.65 bits per heavy atom. The van der Waals surface area contributed by atoms with Crippen LogP contribution in [0.5, 0.6) is 5.88 Å². The van der Waals surface area contributed by atoms with Gasteiger partial charge in [0.05, 0.1) is 5.52 Å². The fourth-order valence-electron chi connectivity index (χ4n) is 1.51. The molecule has 0 radical (unpaired) electrons. The minimum Gasteiger partial charge on any atom is -0.468 e. The number of aromatic nitrogens is 1. The zero-order chi connectivity index (χ0) is 12.5. The number of ether oxygens (including phenoxy) is 1. The first-order chi connectivity index (χ1) is 7.96. The Hall–Kier alpha value is -1.78. The van der Waals surface area contributed by atoms with Crippen LogP contribution >= 0.6 is 0 Å². The molecule has 1 aromatic carbocycles. The molecule has 0 aliphatic carbocycles. The van der Waals surface area contributed by atoms with Crippen molar-refractivity contribution in [3.05, 3.63) is 35.9 Å². The number of hydrogen-bond acceptors (Lipinski definition) is 2. The summed E-state index contributed by atoms with van der Waals surface area (Å²) in [5, 5.41) is 0.879. The molecule has 2 nitrogen and oxygen atoms in total. The van der Waals surface area contributed by atoms with Crippen LogP contribution in [0.4, 0.5) is 13.2 Å². The number of halogens is 3. The lowest BCUT2D eigenvalue weighted by Gasteiger charge is -2.09. The van der Waals surface area contributed by atoms with E-state index < -0.39 is 12.8 Å². The van der Waals surface area contributed by atoms with Crippen molar-refractivity contribution >= 4 is 10.9 Å². The van der Waals surface area contributed by atoms with E-state index in [-0.39, 0.29) is 5.88 Å². The zero-order valence-electron chi connectivity index (χ0n) is 9.08. The second-order valence-electron chi connectivity index (χ2n) is 3.70. The molecular weight excluding hydrogens is 231 g/mol. The average Bonchev–Trinajstić information content (AvgIpc) is 2.26. The number of fused-ring (bicyclic) bond motifs is 1. The summed E-state index contributed by atoms with van der Waals surface area (Å²) in [4.78, 5) is 4.06. The lowest BCUT2D eigenvalue weighted by atomic mass is 10.1. The standard InChI is InChI=1S/C12H10F3NO/c1-8-3-2-4-9-5-6-10(16-11(8)9)17-7-12(13,14)15/h2-6H,7H2,1H3. The molecule has 2 aromatic rings. The van der Waals surface area contributed by atoms with Crippen molar-refractivity contribution in [2.45, 2.75) is 13.1 Å². The highest BCUT2D eigenvalue weighted by molar-refractivity contribution is 5.82. The fraction of sp³-hybridized carbons (Fsp3) is 0.250. The predicted octanol–water partition coefficient (Wildman–Crippen LogP) is 3.48. The quantitative estimate of drug-likeness (QED) is 0.803. The summed E-state index contributed by atoms with van der Waals surface area (Å²) in [7, 11) is 0. The van der Waals surface area contributed by atoms with Gasteiger partial charge >= 0.3 is 6.18 Å². The SMILES string of the molecule is Cc1cccc2ccc(OCC(F)(F)F)nc12. The van der Waals surface area contributed by atoms with Gasteiger partial charge in [-0.05, 0) is 18.6 Å². The molecule has 0 N–H and O–H groups in total. The number of pyridine rings is 1. The summed E-state index contributed by atoms with van der Waals surface area (Å²) in [6.45, 7) is 0.528. The van der Waals surface area contributed by atoms with Crippen molar-refractivity contribution < 1.29 is 17.9 Å². The minimum absolute atomic E-state index is 0.0101. The molecule has 1 heterocycles. The van der Waals surface area contributed by atoms with Gasteiger partial charge in [-0.1, -0.05) is 18.2 Å². The maximum Gasteiger partial charge on any atom is 0.422 e. The maximum atomic E-state index is 12.0. The second kappa shape index (κ2) is 4.24. The van der Waals surface area contributed by atoms with Crippen LogP contribution in [0.25, 0.3) is 10.9 Å². The van der Waals surface area contributed by atoms with Crippen molar-refractivity contribution in [3.8, 4) is 5.88 Å². The van der Waals surface area contributed by atoms with E-state index in [0.29, 0.717) is 5.52 Å². The van der Waals surface area contributed by atoms with Gasteiger partial charge in [-0.2, -0.15) is 13.2 Å². The summed E-state index contributed by atoms with van der Waals surface area (Å²) in [5.41, 5.74) is 1.56. The van der Waals surface area contributed by atoms with Crippen molar-refractivity contribution in [1.29, 1.82) is 0 Å². The maximum absolute atomic E-state index is 12.0. The first kappa shape index (κ1) is 11.7. The third-order valence-corrected chi connectivity index (χ3v) is 2.28. The Bertz CT molecular complexity index is 537. The van der Waals surface area contributed by atoms with Crippen LogP contribution in [0, 0.1) is 6.92 Å². The van der Waals surface area contributed by atoms with Crippen molar-refractivity contribution in [3.63, 3.8) is 0 Å². The second-order valence-corrected chi connectivity index (χ2v) is 3.70. The summed E-state index contributed by atoms with van der Waals surface area (Å²) in [6, 6.07) is 8.70. The molecule has 2 rings (SSSR count). The molecule has 1 aromatic heterocycles. The minimum atomic E-state index is -4.34. The van der Waals surface area contributed by atoms with E-state index in [2.05, 4.69) is 9.72 Å². The highest BCUT2D eigenvalue weighted by Crippen LogP contribution is 2.21. The summed E-state index contributed by atoms with van der Waals surface area (Å²) in [5.74, 6) is -0.0101. The molecule has 0 unspecified atom stereocenters. The Balaban J connectivity index is 2.28. The van der Waals surface area contributed by atoms with E-state index in [1.54, 1.807) is 6.07 Å². The molecule has 0 amide bonds. The van der Waals surface area contributed by atoms with E-state index >= 15 is 0 Å². The van der Waals surface area contributed by atoms with Gasteiger partial charge in [-0.3, -0.25) is 0 Å². The van der Waals surface area contributed by atoms with Crippen LogP contribution in [0.1, 0.15) is 5.56 Å². The fourth-order valence-corrected chi connectivity index (χ4v) is 1.51. The molecule has 0 aliphatic rings. The van der Waals surface area contributed by atoms with Crippen LogP contribution < -0.4 is 4.74 Å². The number of alkyl halides is 3. The van der Waals surface area contributed by atoms with Crippen LogP contribution in [0.2, 0.25) is 0 Å². The summed E-state index contributed by atoms with van der Waals surface area (Å²) < 4.78 is 40.5. The van der Waals surface area contributed by atoms with E-state index in [1.165, 1.54) is 6.07 Å². The molecule has 17 heavy (non-hydrogen) atoms. The Kier molecular flexibility index (Phi) is 2.92. The topological polar surface area (TPSA) is 22.1 Å². The molecular formula is C12H10F3NO. The predicted molar refractivity (Wildman–Crippen MR) is 58.0 cm³/mol. The summed E-state index contributed by atoms with van der Waals surface area (Å²) >= 11 is 0. The van der Waals surface area contributed by atoms with Gasteiger partial charge in [0.25, 0.3) is 0 Å². The lowest BCUT2D eigenvalue weighted by molar-refractivity contribution is -0.154. The van der Waals surface area contributed by atoms with Gasteiger partial charge in [-0.15, -0.1) is 0 Å².